The summed E-state index contributed by atoms with van der Waals surface area (Å²) in [6.45, 7) is 2.29. The van der Waals surface area contributed by atoms with Crippen LogP contribution in [0.2, 0.25) is 0 Å². The summed E-state index contributed by atoms with van der Waals surface area (Å²) in [4.78, 5) is 0. The van der Waals surface area contributed by atoms with E-state index in [0.29, 0.717) is 12.3 Å². The first kappa shape index (κ1) is 17.1. The van der Waals surface area contributed by atoms with Gasteiger partial charge in [-0.15, -0.1) is 12.4 Å². The Morgan fingerprint density at radius 3 is 2.86 bits per heavy atom. The molecule has 116 valence electrons. The molecular formula is C14H19ClFN3O2. The van der Waals surface area contributed by atoms with Crippen LogP contribution in [0.15, 0.2) is 24.4 Å². The molecule has 0 aliphatic carbocycles. The molecule has 0 spiro atoms. The van der Waals surface area contributed by atoms with Crippen LogP contribution in [-0.2, 0) is 13.1 Å². The molecule has 7 heteroatoms. The number of ether oxygens (including phenoxy) is 1. The minimum absolute atomic E-state index is 0. The zero-order chi connectivity index (χ0) is 14.5. The summed E-state index contributed by atoms with van der Waals surface area (Å²) in [5.74, 6) is 1.27. The number of nitrogens with zero attached hydrogens (tertiary/aromatic N) is 2. The van der Waals surface area contributed by atoms with Gasteiger partial charge in [-0.25, -0.2) is 4.39 Å². The molecule has 2 rings (SSSR count). The smallest absolute Gasteiger partial charge is 0.160 e. The molecule has 21 heavy (non-hydrogen) atoms. The fourth-order valence-corrected chi connectivity index (χ4v) is 1.91. The number of phenolic OH excluding ortho intramolecular Hbond substituents is 1. The van der Waals surface area contributed by atoms with Crippen molar-refractivity contribution in [1.29, 1.82) is 0 Å². The lowest BCUT2D eigenvalue weighted by Gasteiger charge is -2.08. The van der Waals surface area contributed by atoms with E-state index < -0.39 is 6.67 Å². The number of phenols is 1. The van der Waals surface area contributed by atoms with E-state index >= 15 is 0 Å². The van der Waals surface area contributed by atoms with Crippen LogP contribution < -0.4 is 10.1 Å². The van der Waals surface area contributed by atoms with E-state index in [1.54, 1.807) is 29.1 Å². The Bertz CT molecular complexity index is 590. The highest BCUT2D eigenvalue weighted by Crippen LogP contribution is 2.26. The molecule has 0 amide bonds. The van der Waals surface area contributed by atoms with Gasteiger partial charge in [0, 0.05) is 18.3 Å². The Hall–Kier alpha value is -1.95. The molecule has 0 saturated heterocycles. The van der Waals surface area contributed by atoms with Crippen LogP contribution in [0.25, 0.3) is 0 Å². The van der Waals surface area contributed by atoms with Crippen molar-refractivity contribution < 1.29 is 14.2 Å². The molecule has 0 aliphatic rings. The second-order valence-electron chi connectivity index (χ2n) is 4.47. The van der Waals surface area contributed by atoms with Gasteiger partial charge in [0.25, 0.3) is 0 Å². The topological polar surface area (TPSA) is 59.3 Å². The number of benzene rings is 1. The molecule has 0 bridgehead atoms. The molecule has 1 heterocycles. The second-order valence-corrected chi connectivity index (χ2v) is 4.47. The van der Waals surface area contributed by atoms with Crippen LogP contribution >= 0.6 is 12.4 Å². The number of aryl methyl sites for hydroxylation is 2. The van der Waals surface area contributed by atoms with Crippen molar-refractivity contribution in [2.75, 3.05) is 19.1 Å². The van der Waals surface area contributed by atoms with E-state index in [1.807, 2.05) is 6.92 Å². The van der Waals surface area contributed by atoms with Crippen LogP contribution in [0.5, 0.6) is 11.5 Å². The number of aromatic hydroxyl groups is 1. The summed E-state index contributed by atoms with van der Waals surface area (Å²) >= 11 is 0. The molecule has 0 unspecified atom stereocenters. The molecular weight excluding hydrogens is 297 g/mol. The monoisotopic (exact) mass is 315 g/mol. The van der Waals surface area contributed by atoms with Crippen molar-refractivity contribution in [3.63, 3.8) is 0 Å². The highest BCUT2D eigenvalue weighted by atomic mass is 35.5. The maximum Gasteiger partial charge on any atom is 0.160 e. The number of hydrogen-bond acceptors (Lipinski definition) is 4. The van der Waals surface area contributed by atoms with Crippen molar-refractivity contribution in [2.24, 2.45) is 0 Å². The molecule has 2 N–H and O–H groups in total. The van der Waals surface area contributed by atoms with Gasteiger partial charge in [-0.2, -0.15) is 5.10 Å². The number of aromatic nitrogens is 2. The van der Waals surface area contributed by atoms with E-state index in [0.717, 1.165) is 16.9 Å². The third-order valence-electron chi connectivity index (χ3n) is 2.96. The van der Waals surface area contributed by atoms with Gasteiger partial charge in [0.05, 0.1) is 13.7 Å². The molecule has 5 nitrogen and oxygen atoms in total. The maximum absolute atomic E-state index is 12.3. The van der Waals surface area contributed by atoms with E-state index in [1.165, 1.54) is 7.11 Å². The number of anilines is 1. The Balaban J connectivity index is 0.00000220. The maximum atomic E-state index is 12.3. The van der Waals surface area contributed by atoms with Gasteiger partial charge in [-0.05, 0) is 24.6 Å². The lowest BCUT2D eigenvalue weighted by molar-refractivity contribution is 0.373. The highest BCUT2D eigenvalue weighted by Gasteiger charge is 2.06. The van der Waals surface area contributed by atoms with Gasteiger partial charge >= 0.3 is 0 Å². The SMILES string of the molecule is COc1cc(CNc2nn(CCF)cc2C)ccc1O.Cl. The van der Waals surface area contributed by atoms with Gasteiger partial charge in [-0.3, -0.25) is 4.68 Å². The number of methoxy groups -OCH3 is 1. The third kappa shape index (κ3) is 4.26. The fraction of sp³-hybridized carbons (Fsp3) is 0.357. The normalized spacial score (nSPS) is 10.0. The summed E-state index contributed by atoms with van der Waals surface area (Å²) in [7, 11) is 1.51. The first-order chi connectivity index (χ1) is 9.63. The van der Waals surface area contributed by atoms with Gasteiger partial charge in [-0.1, -0.05) is 6.07 Å². The van der Waals surface area contributed by atoms with Crippen molar-refractivity contribution in [3.05, 3.63) is 35.5 Å². The second kappa shape index (κ2) is 7.73. The van der Waals surface area contributed by atoms with E-state index in [4.69, 9.17) is 4.74 Å². The Morgan fingerprint density at radius 1 is 1.43 bits per heavy atom. The average molecular weight is 316 g/mol. The van der Waals surface area contributed by atoms with Gasteiger partial charge in [0.15, 0.2) is 17.3 Å². The van der Waals surface area contributed by atoms with Crippen LogP contribution in [0.4, 0.5) is 10.2 Å². The number of hydrogen-bond donors (Lipinski definition) is 2. The first-order valence-corrected chi connectivity index (χ1v) is 6.34. The molecule has 0 atom stereocenters. The molecule has 2 aromatic rings. The number of rotatable bonds is 6. The summed E-state index contributed by atoms with van der Waals surface area (Å²) in [6, 6.07) is 5.15. The minimum atomic E-state index is -0.435. The molecule has 0 radical (unpaired) electrons. The fourth-order valence-electron chi connectivity index (χ4n) is 1.91. The lowest BCUT2D eigenvalue weighted by Crippen LogP contribution is -2.04. The zero-order valence-electron chi connectivity index (χ0n) is 12.0. The standard InChI is InChI=1S/C14H18FN3O2.ClH/c1-10-9-18(6-5-15)17-14(10)16-8-11-3-4-12(19)13(7-11)20-2;/h3-4,7,9,19H,5-6,8H2,1-2H3,(H,16,17);1H. The molecule has 1 aromatic carbocycles. The summed E-state index contributed by atoms with van der Waals surface area (Å²) in [5, 5.41) is 17.0. The molecule has 1 aromatic heterocycles. The van der Waals surface area contributed by atoms with Gasteiger partial charge in [0.1, 0.15) is 6.67 Å². The number of nitrogens with one attached hydrogen (secondary N) is 1. The van der Waals surface area contributed by atoms with E-state index in [9.17, 15) is 9.50 Å². The first-order valence-electron chi connectivity index (χ1n) is 6.34. The average Bonchev–Trinajstić information content (AvgIpc) is 2.78. The van der Waals surface area contributed by atoms with Crippen LogP contribution in [-0.4, -0.2) is 28.7 Å². The predicted octanol–water partition coefficient (Wildman–Crippen LogP) is 2.91. The third-order valence-corrected chi connectivity index (χ3v) is 2.96. The molecule has 0 saturated carbocycles. The quantitative estimate of drug-likeness (QED) is 0.860. The van der Waals surface area contributed by atoms with Crippen molar-refractivity contribution in [2.45, 2.75) is 20.0 Å². The lowest BCUT2D eigenvalue weighted by atomic mass is 10.2. The summed E-state index contributed by atoms with van der Waals surface area (Å²) in [5.41, 5.74) is 1.92. The largest absolute Gasteiger partial charge is 0.504 e. The zero-order valence-corrected chi connectivity index (χ0v) is 12.8. The van der Waals surface area contributed by atoms with Crippen LogP contribution in [0.3, 0.4) is 0 Å². The van der Waals surface area contributed by atoms with E-state index in [2.05, 4.69) is 10.4 Å². The Labute approximate surface area is 129 Å². The molecule has 0 fully saturated rings. The van der Waals surface area contributed by atoms with Gasteiger partial charge < -0.3 is 15.2 Å². The Kier molecular flexibility index (Phi) is 6.30. The summed E-state index contributed by atoms with van der Waals surface area (Å²) < 4.78 is 18.9. The van der Waals surface area contributed by atoms with Crippen LogP contribution in [0.1, 0.15) is 11.1 Å². The van der Waals surface area contributed by atoms with Crippen molar-refractivity contribution in [1.82, 2.24) is 9.78 Å². The van der Waals surface area contributed by atoms with Crippen molar-refractivity contribution >= 4 is 18.2 Å². The highest BCUT2D eigenvalue weighted by molar-refractivity contribution is 5.85. The molecule has 0 aliphatic heterocycles. The van der Waals surface area contributed by atoms with Crippen LogP contribution in [0, 0.1) is 6.92 Å². The number of alkyl halides is 1. The van der Waals surface area contributed by atoms with Gasteiger partial charge in [0.2, 0.25) is 0 Å². The minimum Gasteiger partial charge on any atom is -0.504 e. The number of halogens is 2. The summed E-state index contributed by atoms with van der Waals surface area (Å²) in [6.07, 6.45) is 1.80. The van der Waals surface area contributed by atoms with E-state index in [-0.39, 0.29) is 24.7 Å². The Morgan fingerprint density at radius 2 is 2.19 bits per heavy atom. The van der Waals surface area contributed by atoms with Crippen molar-refractivity contribution in [3.8, 4) is 11.5 Å². The predicted molar refractivity (Wildman–Crippen MR) is 82.2 cm³/mol.